The molecular weight excluding hydrogens is 383 g/mol. The molecule has 2 heteroatoms. The molecule has 0 nitrogen and oxygen atoms in total. The Bertz CT molecular complexity index is 958. The van der Waals surface area contributed by atoms with E-state index in [2.05, 4.69) is 48.5 Å². The lowest BCUT2D eigenvalue weighted by molar-refractivity contribution is 0.721. The number of benzene rings is 3. The first kappa shape index (κ1) is 19.8. The summed E-state index contributed by atoms with van der Waals surface area (Å²) in [5.41, 5.74) is 8.54. The van der Waals surface area contributed by atoms with E-state index in [1.54, 1.807) is 0 Å². The monoisotopic (exact) mass is 410 g/mol. The van der Waals surface area contributed by atoms with Crippen molar-refractivity contribution in [3.05, 3.63) is 59.7 Å². The number of rotatable bonds is 10. The Balaban J connectivity index is 1.63. The summed E-state index contributed by atoms with van der Waals surface area (Å²) in [5.74, 6) is 1.54. The van der Waals surface area contributed by atoms with Crippen LogP contribution in [0, 0.1) is 0 Å². The molecule has 0 spiro atoms. The highest BCUT2D eigenvalue weighted by molar-refractivity contribution is 6.18. The second kappa shape index (κ2) is 9.33. The molecule has 1 aliphatic rings. The Morgan fingerprint density at radius 2 is 1.29 bits per heavy atom. The van der Waals surface area contributed by atoms with E-state index in [1.807, 2.05) is 0 Å². The molecule has 0 bridgehead atoms. The largest absolute Gasteiger partial charge is 0.127 e. The van der Waals surface area contributed by atoms with Gasteiger partial charge in [0.25, 0.3) is 0 Å². The number of halogens is 2. The molecule has 3 aromatic rings. The maximum atomic E-state index is 5.83. The lowest BCUT2D eigenvalue weighted by atomic mass is 9.95. The summed E-state index contributed by atoms with van der Waals surface area (Å²) in [6.07, 6.45) is 9.36. The first-order valence-electron chi connectivity index (χ1n) is 10.6. The number of hydrogen-bond donors (Lipinski definition) is 0. The number of fused-ring (bicyclic) bond motifs is 3. The fourth-order valence-corrected chi connectivity index (χ4v) is 4.90. The summed E-state index contributed by atoms with van der Waals surface area (Å²) in [6, 6.07) is 18.6. The van der Waals surface area contributed by atoms with Crippen molar-refractivity contribution in [1.82, 2.24) is 0 Å². The van der Waals surface area contributed by atoms with Gasteiger partial charge in [-0.25, -0.2) is 0 Å². The first-order valence-corrected chi connectivity index (χ1v) is 11.7. The fourth-order valence-electron chi connectivity index (χ4n) is 4.53. The zero-order valence-corrected chi connectivity index (χ0v) is 18.0. The summed E-state index contributed by atoms with van der Waals surface area (Å²) < 4.78 is 0. The Kier molecular flexibility index (Phi) is 6.60. The van der Waals surface area contributed by atoms with Crippen molar-refractivity contribution in [2.24, 2.45) is 0 Å². The highest BCUT2D eigenvalue weighted by Crippen LogP contribution is 2.48. The van der Waals surface area contributed by atoms with Crippen LogP contribution in [0.5, 0.6) is 0 Å². The van der Waals surface area contributed by atoms with Crippen molar-refractivity contribution in [2.45, 2.75) is 51.4 Å². The maximum absolute atomic E-state index is 5.83. The molecule has 1 aliphatic carbocycles. The minimum Gasteiger partial charge on any atom is -0.127 e. The van der Waals surface area contributed by atoms with Crippen molar-refractivity contribution in [1.29, 1.82) is 0 Å². The number of hydrogen-bond acceptors (Lipinski definition) is 0. The molecular formula is C26H28Cl2. The summed E-state index contributed by atoms with van der Waals surface area (Å²) in [7, 11) is 0. The molecule has 0 aliphatic heterocycles. The topological polar surface area (TPSA) is 0 Å². The van der Waals surface area contributed by atoms with Crippen molar-refractivity contribution >= 4 is 34.0 Å². The normalized spacial score (nSPS) is 11.9. The third kappa shape index (κ3) is 3.95. The minimum absolute atomic E-state index is 0.771. The van der Waals surface area contributed by atoms with Crippen LogP contribution in [-0.4, -0.2) is 11.8 Å². The maximum Gasteiger partial charge on any atom is 0.0223 e. The Labute approximate surface area is 178 Å². The molecule has 0 atom stereocenters. The highest BCUT2D eigenvalue weighted by Gasteiger charge is 2.22. The number of alkyl halides is 2. The predicted octanol–water partition coefficient (Wildman–Crippen LogP) is 8.39. The second-order valence-electron chi connectivity index (χ2n) is 7.88. The number of unbranched alkanes of at least 4 members (excludes halogenated alkanes) is 4. The van der Waals surface area contributed by atoms with Crippen LogP contribution in [0.3, 0.4) is 0 Å². The molecule has 0 fully saturated rings. The van der Waals surface area contributed by atoms with Gasteiger partial charge in [0.1, 0.15) is 0 Å². The molecule has 0 saturated heterocycles. The zero-order chi connectivity index (χ0) is 19.3. The van der Waals surface area contributed by atoms with E-state index >= 15 is 0 Å². The number of aryl methyl sites for hydroxylation is 2. The molecule has 0 N–H and O–H groups in total. The van der Waals surface area contributed by atoms with Gasteiger partial charge in [0.2, 0.25) is 0 Å². The van der Waals surface area contributed by atoms with E-state index in [-0.39, 0.29) is 0 Å². The van der Waals surface area contributed by atoms with Crippen LogP contribution in [0.2, 0.25) is 0 Å². The molecule has 0 amide bonds. The average Bonchev–Trinajstić information content (AvgIpc) is 3.05. The van der Waals surface area contributed by atoms with E-state index in [9.17, 15) is 0 Å². The SMILES string of the molecule is ClCCCCCc1ccc2c(c1)-c1ccc(CCCCCCl)c3cccc-2c13. The van der Waals surface area contributed by atoms with Gasteiger partial charge in [-0.3, -0.25) is 0 Å². The van der Waals surface area contributed by atoms with Crippen LogP contribution in [0.25, 0.3) is 33.0 Å². The standard InChI is InChI=1S/C26H28Cl2/c27-16-5-1-3-8-19-12-14-22-23-11-7-10-21-20(9-4-2-6-17-28)13-15-24(26(21)23)25(22)18-19/h7,10-15,18H,1-6,8-9,16-17H2. The van der Waals surface area contributed by atoms with E-state index < -0.39 is 0 Å². The van der Waals surface area contributed by atoms with Crippen molar-refractivity contribution in [3.63, 3.8) is 0 Å². The van der Waals surface area contributed by atoms with E-state index in [1.165, 1.54) is 69.8 Å². The molecule has 3 aromatic carbocycles. The molecule has 28 heavy (non-hydrogen) atoms. The molecule has 0 radical (unpaired) electrons. The molecule has 146 valence electrons. The summed E-state index contributed by atoms with van der Waals surface area (Å²) in [6.45, 7) is 0. The van der Waals surface area contributed by atoms with Gasteiger partial charge in [-0.05, 0) is 82.7 Å². The molecule has 0 saturated carbocycles. The smallest absolute Gasteiger partial charge is 0.0223 e. The van der Waals surface area contributed by atoms with E-state index in [4.69, 9.17) is 23.2 Å². The van der Waals surface area contributed by atoms with Crippen LogP contribution in [-0.2, 0) is 12.8 Å². The van der Waals surface area contributed by atoms with Gasteiger partial charge in [0.15, 0.2) is 0 Å². The second-order valence-corrected chi connectivity index (χ2v) is 8.64. The minimum atomic E-state index is 0.771. The van der Waals surface area contributed by atoms with Crippen LogP contribution in [0.4, 0.5) is 0 Å². The Morgan fingerprint density at radius 3 is 2.07 bits per heavy atom. The third-order valence-corrected chi connectivity index (χ3v) is 6.51. The van der Waals surface area contributed by atoms with Gasteiger partial charge in [0.05, 0.1) is 0 Å². The summed E-state index contributed by atoms with van der Waals surface area (Å²) in [5, 5.41) is 2.88. The average molecular weight is 411 g/mol. The molecule has 0 unspecified atom stereocenters. The van der Waals surface area contributed by atoms with Gasteiger partial charge in [-0.15, -0.1) is 23.2 Å². The van der Waals surface area contributed by atoms with Gasteiger partial charge in [-0.1, -0.05) is 61.4 Å². The molecule has 0 aromatic heterocycles. The van der Waals surface area contributed by atoms with Gasteiger partial charge in [-0.2, -0.15) is 0 Å². The van der Waals surface area contributed by atoms with Crippen molar-refractivity contribution < 1.29 is 0 Å². The van der Waals surface area contributed by atoms with Crippen LogP contribution >= 0.6 is 23.2 Å². The molecule has 4 rings (SSSR count). The van der Waals surface area contributed by atoms with Gasteiger partial charge in [0, 0.05) is 11.8 Å². The third-order valence-electron chi connectivity index (χ3n) is 5.97. The van der Waals surface area contributed by atoms with Crippen LogP contribution in [0.1, 0.15) is 49.7 Å². The van der Waals surface area contributed by atoms with E-state index in [0.717, 1.165) is 37.4 Å². The predicted molar refractivity (Wildman–Crippen MR) is 125 cm³/mol. The van der Waals surface area contributed by atoms with Gasteiger partial charge >= 0.3 is 0 Å². The first-order chi connectivity index (χ1) is 13.8. The summed E-state index contributed by atoms with van der Waals surface area (Å²) in [4.78, 5) is 0. The summed E-state index contributed by atoms with van der Waals surface area (Å²) >= 11 is 11.6. The Morgan fingerprint density at radius 1 is 0.571 bits per heavy atom. The van der Waals surface area contributed by atoms with Crippen molar-refractivity contribution in [3.8, 4) is 22.3 Å². The van der Waals surface area contributed by atoms with E-state index in [0.29, 0.717) is 0 Å². The van der Waals surface area contributed by atoms with Crippen LogP contribution < -0.4 is 0 Å². The zero-order valence-electron chi connectivity index (χ0n) is 16.4. The lowest BCUT2D eigenvalue weighted by Gasteiger charge is -2.09. The van der Waals surface area contributed by atoms with Crippen molar-refractivity contribution in [2.75, 3.05) is 11.8 Å². The quantitative estimate of drug-likeness (QED) is 0.182. The van der Waals surface area contributed by atoms with Crippen LogP contribution in [0.15, 0.2) is 48.5 Å². The Hall–Kier alpha value is -1.50. The fraction of sp³-hybridized carbons (Fsp3) is 0.385. The lowest BCUT2D eigenvalue weighted by Crippen LogP contribution is -1.90. The highest BCUT2D eigenvalue weighted by atomic mass is 35.5. The molecule has 0 heterocycles. The van der Waals surface area contributed by atoms with Gasteiger partial charge < -0.3 is 0 Å².